The van der Waals surface area contributed by atoms with Crippen molar-refractivity contribution in [3.8, 4) is 27.9 Å². The standard InChI is InChI=1S/C22H16ClN/c23-19-13-11-18(12-14-19)22-16-24(20-9-5-2-6-10-20)15-21(22)17-7-3-1-4-8-17/h1-16H. The Kier molecular flexibility index (Phi) is 3.94. The van der Waals surface area contributed by atoms with E-state index >= 15 is 0 Å². The Labute approximate surface area is 146 Å². The first kappa shape index (κ1) is 14.8. The normalized spacial score (nSPS) is 10.7. The Hall–Kier alpha value is -2.77. The fourth-order valence-electron chi connectivity index (χ4n) is 2.91. The molecule has 0 bridgehead atoms. The molecule has 0 N–H and O–H groups in total. The molecule has 0 fully saturated rings. The predicted octanol–water partition coefficient (Wildman–Crippen LogP) is 6.46. The van der Waals surface area contributed by atoms with Crippen LogP contribution in [0.15, 0.2) is 97.3 Å². The summed E-state index contributed by atoms with van der Waals surface area (Å²) in [5.41, 5.74) is 5.92. The molecule has 0 aliphatic heterocycles. The molecule has 0 radical (unpaired) electrons. The number of hydrogen-bond acceptors (Lipinski definition) is 0. The molecule has 0 amide bonds. The third-order valence-corrected chi connectivity index (χ3v) is 4.37. The van der Waals surface area contributed by atoms with Gasteiger partial charge in [-0.3, -0.25) is 0 Å². The van der Waals surface area contributed by atoms with E-state index in [1.165, 1.54) is 16.7 Å². The lowest BCUT2D eigenvalue weighted by molar-refractivity contribution is 1.08. The Morgan fingerprint density at radius 1 is 0.542 bits per heavy atom. The van der Waals surface area contributed by atoms with Crippen molar-refractivity contribution in [2.75, 3.05) is 0 Å². The topological polar surface area (TPSA) is 4.93 Å². The highest BCUT2D eigenvalue weighted by molar-refractivity contribution is 6.30. The summed E-state index contributed by atoms with van der Waals surface area (Å²) in [6, 6.07) is 28.8. The van der Waals surface area contributed by atoms with Crippen LogP contribution in [0.3, 0.4) is 0 Å². The van der Waals surface area contributed by atoms with E-state index in [1.807, 2.05) is 24.3 Å². The van der Waals surface area contributed by atoms with E-state index in [-0.39, 0.29) is 0 Å². The van der Waals surface area contributed by atoms with Crippen LogP contribution in [-0.4, -0.2) is 4.57 Å². The maximum atomic E-state index is 6.05. The number of rotatable bonds is 3. The number of halogens is 1. The monoisotopic (exact) mass is 329 g/mol. The average Bonchev–Trinajstić information content (AvgIpc) is 3.09. The lowest BCUT2D eigenvalue weighted by atomic mass is 9.99. The van der Waals surface area contributed by atoms with Gasteiger partial charge >= 0.3 is 0 Å². The van der Waals surface area contributed by atoms with E-state index in [2.05, 4.69) is 77.6 Å². The van der Waals surface area contributed by atoms with Gasteiger partial charge in [-0.25, -0.2) is 0 Å². The Bertz CT molecular complexity index is 938. The molecule has 0 saturated heterocycles. The second-order valence-corrected chi connectivity index (χ2v) is 6.14. The maximum absolute atomic E-state index is 6.05. The van der Waals surface area contributed by atoms with E-state index in [0.717, 1.165) is 16.3 Å². The van der Waals surface area contributed by atoms with Crippen LogP contribution in [0.4, 0.5) is 0 Å². The number of hydrogen-bond donors (Lipinski definition) is 0. The highest BCUT2D eigenvalue weighted by Gasteiger charge is 2.12. The Morgan fingerprint density at radius 2 is 1.04 bits per heavy atom. The number of aromatic nitrogens is 1. The predicted molar refractivity (Wildman–Crippen MR) is 102 cm³/mol. The van der Waals surface area contributed by atoms with Gasteiger partial charge in [0.1, 0.15) is 0 Å². The van der Waals surface area contributed by atoms with Crippen molar-refractivity contribution in [3.63, 3.8) is 0 Å². The van der Waals surface area contributed by atoms with Crippen LogP contribution in [0, 0.1) is 0 Å². The molecular formula is C22H16ClN. The zero-order valence-electron chi connectivity index (χ0n) is 13.1. The summed E-state index contributed by atoms with van der Waals surface area (Å²) in [6.07, 6.45) is 4.37. The van der Waals surface area contributed by atoms with Gasteiger partial charge in [0.05, 0.1) is 0 Å². The van der Waals surface area contributed by atoms with Crippen LogP contribution < -0.4 is 0 Å². The Morgan fingerprint density at radius 3 is 1.62 bits per heavy atom. The van der Waals surface area contributed by atoms with Crippen molar-refractivity contribution in [1.82, 2.24) is 4.57 Å². The van der Waals surface area contributed by atoms with Crippen molar-refractivity contribution in [1.29, 1.82) is 0 Å². The van der Waals surface area contributed by atoms with Crippen LogP contribution in [0.25, 0.3) is 27.9 Å². The molecule has 0 atom stereocenters. The molecule has 3 aromatic carbocycles. The van der Waals surface area contributed by atoms with Crippen LogP contribution in [0.5, 0.6) is 0 Å². The van der Waals surface area contributed by atoms with Gasteiger partial charge in [0.2, 0.25) is 0 Å². The lowest BCUT2D eigenvalue weighted by Gasteiger charge is -2.04. The quantitative estimate of drug-likeness (QED) is 0.406. The molecule has 4 rings (SSSR count). The number of benzene rings is 3. The summed E-state index contributed by atoms with van der Waals surface area (Å²) >= 11 is 6.05. The van der Waals surface area contributed by atoms with Gasteiger partial charge in [-0.1, -0.05) is 72.3 Å². The summed E-state index contributed by atoms with van der Waals surface area (Å²) < 4.78 is 2.17. The van der Waals surface area contributed by atoms with E-state index in [9.17, 15) is 0 Å². The fraction of sp³-hybridized carbons (Fsp3) is 0. The minimum Gasteiger partial charge on any atom is -0.323 e. The maximum Gasteiger partial charge on any atom is 0.0449 e. The largest absolute Gasteiger partial charge is 0.323 e. The lowest BCUT2D eigenvalue weighted by Crippen LogP contribution is -1.87. The third-order valence-electron chi connectivity index (χ3n) is 4.12. The van der Waals surface area contributed by atoms with Crippen molar-refractivity contribution in [2.24, 2.45) is 0 Å². The first-order valence-electron chi connectivity index (χ1n) is 7.90. The molecule has 0 aliphatic rings. The van der Waals surface area contributed by atoms with E-state index in [4.69, 9.17) is 11.6 Å². The molecule has 2 heteroatoms. The highest BCUT2D eigenvalue weighted by Crippen LogP contribution is 2.34. The van der Waals surface area contributed by atoms with E-state index in [0.29, 0.717) is 0 Å². The summed E-state index contributed by atoms with van der Waals surface area (Å²) in [7, 11) is 0. The van der Waals surface area contributed by atoms with E-state index in [1.54, 1.807) is 0 Å². The fourth-order valence-corrected chi connectivity index (χ4v) is 3.04. The van der Waals surface area contributed by atoms with Crippen LogP contribution in [-0.2, 0) is 0 Å². The minimum atomic E-state index is 0.752. The molecule has 0 aliphatic carbocycles. The molecule has 1 nitrogen and oxygen atoms in total. The Balaban J connectivity index is 1.90. The second kappa shape index (κ2) is 6.38. The van der Waals surface area contributed by atoms with Crippen LogP contribution in [0.1, 0.15) is 0 Å². The first-order chi connectivity index (χ1) is 11.8. The van der Waals surface area contributed by atoms with Crippen molar-refractivity contribution in [2.45, 2.75) is 0 Å². The number of para-hydroxylation sites is 1. The first-order valence-corrected chi connectivity index (χ1v) is 8.28. The van der Waals surface area contributed by atoms with Gasteiger partial charge in [-0.2, -0.15) is 0 Å². The molecular weight excluding hydrogens is 314 g/mol. The van der Waals surface area contributed by atoms with Gasteiger partial charge in [0.15, 0.2) is 0 Å². The van der Waals surface area contributed by atoms with Gasteiger partial charge in [-0.15, -0.1) is 0 Å². The van der Waals surface area contributed by atoms with Crippen LogP contribution >= 0.6 is 11.6 Å². The SMILES string of the molecule is Clc1ccc(-c2cn(-c3ccccc3)cc2-c2ccccc2)cc1. The molecule has 0 spiro atoms. The molecule has 1 aromatic heterocycles. The zero-order chi connectivity index (χ0) is 16.4. The third kappa shape index (κ3) is 2.86. The van der Waals surface area contributed by atoms with Crippen LogP contribution in [0.2, 0.25) is 5.02 Å². The van der Waals surface area contributed by atoms with Crippen molar-refractivity contribution in [3.05, 3.63) is 102 Å². The summed E-state index contributed by atoms with van der Waals surface area (Å²) in [6.45, 7) is 0. The summed E-state index contributed by atoms with van der Waals surface area (Å²) in [5, 5.41) is 0.752. The van der Waals surface area contributed by atoms with Crippen molar-refractivity contribution >= 4 is 11.6 Å². The summed E-state index contributed by atoms with van der Waals surface area (Å²) in [5.74, 6) is 0. The molecule has 24 heavy (non-hydrogen) atoms. The number of nitrogens with zero attached hydrogens (tertiary/aromatic N) is 1. The highest BCUT2D eigenvalue weighted by atomic mass is 35.5. The van der Waals surface area contributed by atoms with E-state index < -0.39 is 0 Å². The molecule has 0 unspecified atom stereocenters. The second-order valence-electron chi connectivity index (χ2n) is 5.70. The van der Waals surface area contributed by atoms with Gasteiger partial charge < -0.3 is 4.57 Å². The average molecular weight is 330 g/mol. The molecule has 4 aromatic rings. The summed E-state index contributed by atoms with van der Waals surface area (Å²) in [4.78, 5) is 0. The van der Waals surface area contributed by atoms with Gasteiger partial charge in [-0.05, 0) is 35.4 Å². The zero-order valence-corrected chi connectivity index (χ0v) is 13.8. The molecule has 0 saturated carbocycles. The van der Waals surface area contributed by atoms with Crippen molar-refractivity contribution < 1.29 is 0 Å². The van der Waals surface area contributed by atoms with Gasteiger partial charge in [0.25, 0.3) is 0 Å². The van der Waals surface area contributed by atoms with Gasteiger partial charge in [0, 0.05) is 34.2 Å². The minimum absolute atomic E-state index is 0.752. The smallest absolute Gasteiger partial charge is 0.0449 e. The molecule has 116 valence electrons. The molecule has 1 heterocycles.